The molecule has 3 rings (SSSR count). The van der Waals surface area contributed by atoms with E-state index in [-0.39, 0.29) is 6.04 Å². The van der Waals surface area contributed by atoms with Crippen LogP contribution in [0.1, 0.15) is 24.7 Å². The van der Waals surface area contributed by atoms with Gasteiger partial charge in [-0.3, -0.25) is 0 Å². The molecule has 1 saturated heterocycles. The van der Waals surface area contributed by atoms with Crippen LogP contribution in [-0.4, -0.2) is 34.7 Å². The van der Waals surface area contributed by atoms with Gasteiger partial charge in [-0.25, -0.2) is 0 Å². The number of aromatic nitrogens is 2. The molecule has 6 heteroatoms. The summed E-state index contributed by atoms with van der Waals surface area (Å²) >= 11 is 0. The van der Waals surface area contributed by atoms with Gasteiger partial charge in [0.25, 0.3) is 5.89 Å². The Balaban J connectivity index is 1.68. The summed E-state index contributed by atoms with van der Waals surface area (Å²) in [6.45, 7) is 2.99. The van der Waals surface area contributed by atoms with E-state index in [0.29, 0.717) is 17.5 Å². The van der Waals surface area contributed by atoms with Gasteiger partial charge in [-0.2, -0.15) is 4.98 Å². The van der Waals surface area contributed by atoms with Crippen LogP contribution in [0.25, 0.3) is 11.7 Å². The lowest BCUT2D eigenvalue weighted by molar-refractivity contribution is 0.306. The molecule has 96 valence electrons. The standard InChI is InChI=1S/C12H16N4O2/c13-9(8-16-5-1-2-6-16)11-14-12(18-15-11)10-4-3-7-17-10/h3-4,7,9H,1-2,5-6,8,13H2. The number of nitrogens with zero attached hydrogens (tertiary/aromatic N) is 3. The monoisotopic (exact) mass is 248 g/mol. The molecule has 2 N–H and O–H groups in total. The molecular formula is C12H16N4O2. The van der Waals surface area contributed by atoms with Crippen molar-refractivity contribution in [3.05, 3.63) is 24.2 Å². The van der Waals surface area contributed by atoms with Crippen molar-refractivity contribution in [3.8, 4) is 11.7 Å². The topological polar surface area (TPSA) is 81.3 Å². The zero-order valence-corrected chi connectivity index (χ0v) is 10.1. The van der Waals surface area contributed by atoms with E-state index in [4.69, 9.17) is 14.7 Å². The Bertz CT molecular complexity index is 488. The van der Waals surface area contributed by atoms with Crippen molar-refractivity contribution >= 4 is 0 Å². The highest BCUT2D eigenvalue weighted by molar-refractivity contribution is 5.42. The Hall–Kier alpha value is -1.66. The molecule has 0 bridgehead atoms. The summed E-state index contributed by atoms with van der Waals surface area (Å²) in [4.78, 5) is 6.60. The molecule has 18 heavy (non-hydrogen) atoms. The van der Waals surface area contributed by atoms with Crippen LogP contribution >= 0.6 is 0 Å². The maximum absolute atomic E-state index is 6.08. The maximum atomic E-state index is 6.08. The second-order valence-corrected chi connectivity index (χ2v) is 4.55. The molecule has 0 amide bonds. The van der Waals surface area contributed by atoms with Gasteiger partial charge in [0.05, 0.1) is 12.3 Å². The number of rotatable bonds is 4. The number of hydrogen-bond donors (Lipinski definition) is 1. The van der Waals surface area contributed by atoms with Gasteiger partial charge in [-0.05, 0) is 38.1 Å². The van der Waals surface area contributed by atoms with E-state index < -0.39 is 0 Å². The first-order valence-electron chi connectivity index (χ1n) is 6.18. The molecule has 0 aromatic carbocycles. The quantitative estimate of drug-likeness (QED) is 0.881. The van der Waals surface area contributed by atoms with Crippen molar-refractivity contribution in [2.75, 3.05) is 19.6 Å². The van der Waals surface area contributed by atoms with Crippen LogP contribution in [0.15, 0.2) is 27.3 Å². The van der Waals surface area contributed by atoms with E-state index in [0.717, 1.165) is 19.6 Å². The molecule has 0 aliphatic carbocycles. The Morgan fingerprint density at radius 1 is 1.39 bits per heavy atom. The summed E-state index contributed by atoms with van der Waals surface area (Å²) in [5.41, 5.74) is 6.08. The molecule has 2 aromatic heterocycles. The van der Waals surface area contributed by atoms with Gasteiger partial charge in [-0.15, -0.1) is 0 Å². The van der Waals surface area contributed by atoms with Crippen molar-refractivity contribution in [3.63, 3.8) is 0 Å². The van der Waals surface area contributed by atoms with Crippen LogP contribution in [0.4, 0.5) is 0 Å². The fourth-order valence-corrected chi connectivity index (χ4v) is 2.21. The first-order valence-corrected chi connectivity index (χ1v) is 6.18. The minimum atomic E-state index is -0.212. The fraction of sp³-hybridized carbons (Fsp3) is 0.500. The highest BCUT2D eigenvalue weighted by atomic mass is 16.5. The summed E-state index contributed by atoms with van der Waals surface area (Å²) in [5, 5.41) is 3.92. The molecule has 1 aliphatic rings. The van der Waals surface area contributed by atoms with Gasteiger partial charge in [0.15, 0.2) is 11.6 Å². The first kappa shape index (κ1) is 11.4. The average molecular weight is 248 g/mol. The molecule has 1 atom stereocenters. The Labute approximate surface area is 105 Å². The lowest BCUT2D eigenvalue weighted by Gasteiger charge is -2.17. The van der Waals surface area contributed by atoms with E-state index >= 15 is 0 Å². The Kier molecular flexibility index (Phi) is 3.12. The molecule has 1 unspecified atom stereocenters. The van der Waals surface area contributed by atoms with Crippen molar-refractivity contribution in [2.45, 2.75) is 18.9 Å². The number of furan rings is 1. The fourth-order valence-electron chi connectivity index (χ4n) is 2.21. The lowest BCUT2D eigenvalue weighted by Crippen LogP contribution is -2.30. The van der Waals surface area contributed by atoms with Gasteiger partial charge in [-0.1, -0.05) is 5.16 Å². The van der Waals surface area contributed by atoms with Crippen LogP contribution in [-0.2, 0) is 0 Å². The van der Waals surface area contributed by atoms with Crippen LogP contribution in [0.2, 0.25) is 0 Å². The van der Waals surface area contributed by atoms with Gasteiger partial charge in [0, 0.05) is 6.54 Å². The molecule has 0 saturated carbocycles. The highest BCUT2D eigenvalue weighted by Gasteiger charge is 2.20. The number of nitrogens with two attached hydrogens (primary N) is 1. The van der Waals surface area contributed by atoms with Crippen LogP contribution in [0.3, 0.4) is 0 Å². The maximum Gasteiger partial charge on any atom is 0.293 e. The molecule has 1 aliphatic heterocycles. The van der Waals surface area contributed by atoms with E-state index in [2.05, 4.69) is 15.0 Å². The number of hydrogen-bond acceptors (Lipinski definition) is 6. The predicted molar refractivity (Wildman–Crippen MR) is 64.6 cm³/mol. The molecule has 0 radical (unpaired) electrons. The first-order chi connectivity index (χ1) is 8.83. The summed E-state index contributed by atoms with van der Waals surface area (Å²) in [6.07, 6.45) is 4.07. The third-order valence-corrected chi connectivity index (χ3v) is 3.16. The predicted octanol–water partition coefficient (Wildman–Crippen LogP) is 1.43. The Morgan fingerprint density at radius 3 is 2.94 bits per heavy atom. The van der Waals surface area contributed by atoms with Gasteiger partial charge >= 0.3 is 0 Å². The average Bonchev–Trinajstić information content (AvgIpc) is 3.11. The van der Waals surface area contributed by atoms with Gasteiger partial charge in [0.1, 0.15) is 0 Å². The van der Waals surface area contributed by atoms with E-state index in [1.165, 1.54) is 12.8 Å². The van der Waals surface area contributed by atoms with Gasteiger partial charge < -0.3 is 19.6 Å². The molecule has 6 nitrogen and oxygen atoms in total. The van der Waals surface area contributed by atoms with Crippen molar-refractivity contribution < 1.29 is 8.94 Å². The summed E-state index contributed by atoms with van der Waals surface area (Å²) in [7, 11) is 0. The van der Waals surface area contributed by atoms with Crippen LogP contribution < -0.4 is 5.73 Å². The lowest BCUT2D eigenvalue weighted by atomic mass is 10.3. The summed E-state index contributed by atoms with van der Waals surface area (Å²) in [6, 6.07) is 3.35. The largest absolute Gasteiger partial charge is 0.459 e. The van der Waals surface area contributed by atoms with Crippen LogP contribution in [0.5, 0.6) is 0 Å². The summed E-state index contributed by atoms with van der Waals surface area (Å²) < 4.78 is 10.3. The number of likely N-dealkylation sites (tertiary alicyclic amines) is 1. The molecule has 0 spiro atoms. The van der Waals surface area contributed by atoms with Crippen molar-refractivity contribution in [2.24, 2.45) is 5.73 Å². The third kappa shape index (κ3) is 2.30. The minimum absolute atomic E-state index is 0.212. The zero-order valence-electron chi connectivity index (χ0n) is 10.1. The minimum Gasteiger partial charge on any atom is -0.459 e. The molecule has 2 aromatic rings. The normalized spacial score (nSPS) is 18.3. The van der Waals surface area contributed by atoms with E-state index in [1.54, 1.807) is 18.4 Å². The third-order valence-electron chi connectivity index (χ3n) is 3.16. The zero-order chi connectivity index (χ0) is 12.4. The van der Waals surface area contributed by atoms with Crippen molar-refractivity contribution in [1.82, 2.24) is 15.0 Å². The molecule has 1 fully saturated rings. The Morgan fingerprint density at radius 2 is 2.22 bits per heavy atom. The molecular weight excluding hydrogens is 232 g/mol. The SMILES string of the molecule is NC(CN1CCCC1)c1noc(-c2ccco2)n1. The van der Waals surface area contributed by atoms with E-state index in [9.17, 15) is 0 Å². The second-order valence-electron chi connectivity index (χ2n) is 4.55. The molecule has 3 heterocycles. The van der Waals surface area contributed by atoms with Crippen LogP contribution in [0, 0.1) is 0 Å². The highest BCUT2D eigenvalue weighted by Crippen LogP contribution is 2.20. The second kappa shape index (κ2) is 4.91. The summed E-state index contributed by atoms with van der Waals surface area (Å²) in [5.74, 6) is 1.49. The van der Waals surface area contributed by atoms with Gasteiger partial charge in [0.2, 0.25) is 0 Å². The van der Waals surface area contributed by atoms with Crippen molar-refractivity contribution in [1.29, 1.82) is 0 Å². The smallest absolute Gasteiger partial charge is 0.293 e. The van der Waals surface area contributed by atoms with E-state index in [1.807, 2.05) is 0 Å².